The number of nitrogens with zero attached hydrogens (tertiary/aromatic N) is 3. The van der Waals surface area contributed by atoms with Crippen molar-refractivity contribution in [3.63, 3.8) is 0 Å². The lowest BCUT2D eigenvalue weighted by atomic mass is 10.2. The molecule has 0 unspecified atom stereocenters. The van der Waals surface area contributed by atoms with Gasteiger partial charge in [0.05, 0.1) is 12.6 Å². The number of hydrogen-bond donors (Lipinski definition) is 1. The van der Waals surface area contributed by atoms with E-state index in [1.54, 1.807) is 31.7 Å². The van der Waals surface area contributed by atoms with Gasteiger partial charge in [0.1, 0.15) is 17.3 Å². The molecular formula is C16H17N3O2. The van der Waals surface area contributed by atoms with Gasteiger partial charge in [0.15, 0.2) is 5.65 Å². The first-order valence-electron chi connectivity index (χ1n) is 6.71. The second kappa shape index (κ2) is 4.86. The molecule has 0 fully saturated rings. The predicted octanol–water partition coefficient (Wildman–Crippen LogP) is 2.79. The zero-order chi connectivity index (χ0) is 15.0. The normalized spacial score (nSPS) is 11.8. The van der Waals surface area contributed by atoms with Gasteiger partial charge in [-0.3, -0.25) is 4.57 Å². The summed E-state index contributed by atoms with van der Waals surface area (Å²) >= 11 is 0. The van der Waals surface area contributed by atoms with E-state index in [0.29, 0.717) is 11.5 Å². The average Bonchev–Trinajstić information content (AvgIpc) is 2.86. The average molecular weight is 283 g/mol. The highest BCUT2D eigenvalue weighted by molar-refractivity contribution is 5.77. The number of imidazole rings is 1. The fourth-order valence-electron chi connectivity index (χ4n) is 2.40. The largest absolute Gasteiger partial charge is 0.497 e. The molecule has 0 atom stereocenters. The molecule has 0 spiro atoms. The van der Waals surface area contributed by atoms with Crippen LogP contribution in [-0.4, -0.2) is 26.8 Å². The van der Waals surface area contributed by atoms with Crippen molar-refractivity contribution in [1.82, 2.24) is 14.5 Å². The molecule has 3 rings (SSSR count). The number of aromatic nitrogens is 3. The molecule has 108 valence electrons. The van der Waals surface area contributed by atoms with Crippen LogP contribution in [0, 0.1) is 0 Å². The molecule has 0 radical (unpaired) electrons. The second-order valence-corrected chi connectivity index (χ2v) is 5.34. The van der Waals surface area contributed by atoms with Crippen molar-refractivity contribution >= 4 is 11.2 Å². The zero-order valence-corrected chi connectivity index (χ0v) is 12.2. The molecule has 5 heteroatoms. The topological polar surface area (TPSA) is 60.2 Å². The first-order chi connectivity index (χ1) is 10.0. The van der Waals surface area contributed by atoms with Gasteiger partial charge in [-0.1, -0.05) is 0 Å². The van der Waals surface area contributed by atoms with E-state index < -0.39 is 5.72 Å². The van der Waals surface area contributed by atoms with E-state index in [-0.39, 0.29) is 0 Å². The van der Waals surface area contributed by atoms with Crippen molar-refractivity contribution in [3.8, 4) is 17.1 Å². The Kier molecular flexibility index (Phi) is 3.14. The third-order valence-corrected chi connectivity index (χ3v) is 3.33. The molecule has 5 nitrogen and oxygen atoms in total. The summed E-state index contributed by atoms with van der Waals surface area (Å²) in [4.78, 5) is 8.82. The summed E-state index contributed by atoms with van der Waals surface area (Å²) in [5, 5.41) is 10.5. The Morgan fingerprint density at radius 1 is 1.14 bits per heavy atom. The SMILES string of the molecule is COc1ccc(-c2nc3ncccc3n2C(C)(C)O)cc1. The maximum absolute atomic E-state index is 10.5. The number of methoxy groups -OCH3 is 1. The minimum Gasteiger partial charge on any atom is -0.497 e. The van der Waals surface area contributed by atoms with Crippen molar-refractivity contribution < 1.29 is 9.84 Å². The summed E-state index contributed by atoms with van der Waals surface area (Å²) in [5.74, 6) is 1.46. The Bertz CT molecular complexity index is 770. The molecule has 0 aliphatic heterocycles. The van der Waals surface area contributed by atoms with E-state index >= 15 is 0 Å². The van der Waals surface area contributed by atoms with Crippen LogP contribution in [-0.2, 0) is 5.72 Å². The molecule has 0 aliphatic rings. The Morgan fingerprint density at radius 3 is 2.48 bits per heavy atom. The zero-order valence-electron chi connectivity index (χ0n) is 12.2. The second-order valence-electron chi connectivity index (χ2n) is 5.34. The number of pyridine rings is 1. The first kappa shape index (κ1) is 13.6. The van der Waals surface area contributed by atoms with E-state index in [4.69, 9.17) is 4.74 Å². The Morgan fingerprint density at radius 2 is 1.86 bits per heavy atom. The van der Waals surface area contributed by atoms with E-state index in [1.165, 1.54) is 0 Å². The minimum absolute atomic E-state index is 0.616. The molecule has 0 bridgehead atoms. The Balaban J connectivity index is 2.25. The molecule has 0 saturated carbocycles. The molecule has 2 aromatic heterocycles. The van der Waals surface area contributed by atoms with Gasteiger partial charge in [-0.05, 0) is 50.2 Å². The van der Waals surface area contributed by atoms with Gasteiger partial charge in [0, 0.05) is 11.8 Å². The summed E-state index contributed by atoms with van der Waals surface area (Å²) < 4.78 is 6.96. The summed E-state index contributed by atoms with van der Waals surface area (Å²) in [7, 11) is 1.63. The Hall–Kier alpha value is -2.40. The van der Waals surface area contributed by atoms with Gasteiger partial charge in [0.25, 0.3) is 0 Å². The first-order valence-corrected chi connectivity index (χ1v) is 6.71. The number of rotatable bonds is 3. The monoisotopic (exact) mass is 283 g/mol. The van der Waals surface area contributed by atoms with E-state index in [2.05, 4.69) is 9.97 Å². The molecule has 0 aliphatic carbocycles. The number of aliphatic hydroxyl groups is 1. The number of ether oxygens (including phenoxy) is 1. The molecule has 1 N–H and O–H groups in total. The van der Waals surface area contributed by atoms with Crippen LogP contribution in [0.25, 0.3) is 22.6 Å². The molecular weight excluding hydrogens is 266 g/mol. The van der Waals surface area contributed by atoms with Gasteiger partial charge < -0.3 is 9.84 Å². The van der Waals surface area contributed by atoms with E-state index in [1.807, 2.05) is 36.4 Å². The van der Waals surface area contributed by atoms with Crippen molar-refractivity contribution in [2.75, 3.05) is 7.11 Å². The van der Waals surface area contributed by atoms with Crippen molar-refractivity contribution in [1.29, 1.82) is 0 Å². The predicted molar refractivity (Wildman–Crippen MR) is 81.1 cm³/mol. The summed E-state index contributed by atoms with van der Waals surface area (Å²) in [6.45, 7) is 3.46. The highest BCUT2D eigenvalue weighted by Crippen LogP contribution is 2.30. The van der Waals surface area contributed by atoms with E-state index in [0.717, 1.165) is 16.8 Å². The quantitative estimate of drug-likeness (QED) is 0.803. The third kappa shape index (κ3) is 2.36. The maximum Gasteiger partial charge on any atom is 0.178 e. The summed E-state index contributed by atoms with van der Waals surface area (Å²) in [6, 6.07) is 11.3. The standard InChI is InChI=1S/C16H17N3O2/c1-16(2,20)19-13-5-4-10-17-14(13)18-15(19)11-6-8-12(21-3)9-7-11/h4-10,20H,1-3H3. The molecule has 21 heavy (non-hydrogen) atoms. The van der Waals surface area contributed by atoms with Crippen LogP contribution in [0.4, 0.5) is 0 Å². The fourth-order valence-corrected chi connectivity index (χ4v) is 2.40. The van der Waals surface area contributed by atoms with Gasteiger partial charge in [0.2, 0.25) is 0 Å². The van der Waals surface area contributed by atoms with Crippen molar-refractivity contribution in [2.24, 2.45) is 0 Å². The highest BCUT2D eigenvalue weighted by atomic mass is 16.5. The minimum atomic E-state index is -1.08. The van der Waals surface area contributed by atoms with Crippen LogP contribution in [0.15, 0.2) is 42.6 Å². The highest BCUT2D eigenvalue weighted by Gasteiger charge is 2.24. The lowest BCUT2D eigenvalue weighted by molar-refractivity contribution is 0.00737. The smallest absolute Gasteiger partial charge is 0.178 e. The van der Waals surface area contributed by atoms with Crippen LogP contribution in [0.2, 0.25) is 0 Å². The van der Waals surface area contributed by atoms with Crippen molar-refractivity contribution in [3.05, 3.63) is 42.6 Å². The van der Waals surface area contributed by atoms with Crippen LogP contribution >= 0.6 is 0 Å². The van der Waals surface area contributed by atoms with Gasteiger partial charge in [-0.15, -0.1) is 0 Å². The van der Waals surface area contributed by atoms with Crippen LogP contribution in [0.3, 0.4) is 0 Å². The maximum atomic E-state index is 10.5. The summed E-state index contributed by atoms with van der Waals surface area (Å²) in [6.07, 6.45) is 1.70. The van der Waals surface area contributed by atoms with Gasteiger partial charge in [-0.2, -0.15) is 0 Å². The lowest BCUT2D eigenvalue weighted by Crippen LogP contribution is -2.26. The Labute approximate surface area is 122 Å². The molecule has 2 heterocycles. The van der Waals surface area contributed by atoms with Gasteiger partial charge in [-0.25, -0.2) is 9.97 Å². The fraction of sp³-hybridized carbons (Fsp3) is 0.250. The third-order valence-electron chi connectivity index (χ3n) is 3.33. The van der Waals surface area contributed by atoms with Crippen LogP contribution < -0.4 is 4.74 Å². The van der Waals surface area contributed by atoms with Crippen LogP contribution in [0.1, 0.15) is 13.8 Å². The molecule has 0 amide bonds. The number of fused-ring (bicyclic) bond motifs is 1. The molecule has 1 aromatic carbocycles. The molecule has 3 aromatic rings. The molecule has 0 saturated heterocycles. The van der Waals surface area contributed by atoms with Crippen molar-refractivity contribution in [2.45, 2.75) is 19.6 Å². The van der Waals surface area contributed by atoms with Crippen LogP contribution in [0.5, 0.6) is 5.75 Å². The lowest BCUT2D eigenvalue weighted by Gasteiger charge is -2.23. The summed E-state index contributed by atoms with van der Waals surface area (Å²) in [5.41, 5.74) is 1.24. The number of hydrogen-bond acceptors (Lipinski definition) is 4. The number of benzene rings is 1. The van der Waals surface area contributed by atoms with E-state index in [9.17, 15) is 5.11 Å². The van der Waals surface area contributed by atoms with Gasteiger partial charge >= 0.3 is 0 Å².